The minimum absolute atomic E-state index is 0.169. The van der Waals surface area contributed by atoms with Crippen LogP contribution in [0.5, 0.6) is 0 Å². The van der Waals surface area contributed by atoms with Crippen LogP contribution >= 0.6 is 0 Å². The molecule has 0 amide bonds. The molecular weight excluding hydrogens is 250 g/mol. The molecule has 4 nitrogen and oxygen atoms in total. The highest BCUT2D eigenvalue weighted by Crippen LogP contribution is 2.22. The fourth-order valence-electron chi connectivity index (χ4n) is 3.12. The number of nitrogens with one attached hydrogen (secondary N) is 1. The summed E-state index contributed by atoms with van der Waals surface area (Å²) < 4.78 is 2.17. The third kappa shape index (κ3) is 2.24. The third-order valence-electron chi connectivity index (χ3n) is 4.25. The van der Waals surface area contributed by atoms with E-state index >= 15 is 0 Å². The average molecular weight is 271 g/mol. The molecule has 0 bridgehead atoms. The van der Waals surface area contributed by atoms with Gasteiger partial charge in [-0.25, -0.2) is 4.98 Å². The standard InChI is InChI=1S/C16H21N3O/c1-3-19-11(2)18-14-10-13(4-5-15(14)19)16(20)12-6-8-17-9-7-12/h4-5,10,12,17H,3,6-9H2,1-2H3. The summed E-state index contributed by atoms with van der Waals surface area (Å²) in [4.78, 5) is 17.1. The van der Waals surface area contributed by atoms with Crippen LogP contribution in [0, 0.1) is 12.8 Å². The maximum atomic E-state index is 12.5. The molecule has 1 aromatic heterocycles. The molecule has 1 saturated heterocycles. The van der Waals surface area contributed by atoms with Crippen molar-refractivity contribution in [1.82, 2.24) is 14.9 Å². The van der Waals surface area contributed by atoms with Crippen LogP contribution in [0.2, 0.25) is 0 Å². The van der Waals surface area contributed by atoms with Crippen LogP contribution in [0.1, 0.15) is 35.9 Å². The summed E-state index contributed by atoms with van der Waals surface area (Å²) >= 11 is 0. The van der Waals surface area contributed by atoms with Crippen LogP contribution in [-0.4, -0.2) is 28.4 Å². The van der Waals surface area contributed by atoms with Gasteiger partial charge in [0.25, 0.3) is 0 Å². The lowest BCUT2D eigenvalue weighted by Gasteiger charge is -2.21. The number of fused-ring (bicyclic) bond motifs is 1. The highest BCUT2D eigenvalue weighted by atomic mass is 16.1. The summed E-state index contributed by atoms with van der Waals surface area (Å²) in [5.74, 6) is 1.45. The van der Waals surface area contributed by atoms with Crippen LogP contribution in [0.4, 0.5) is 0 Å². The van der Waals surface area contributed by atoms with Crippen molar-refractivity contribution in [1.29, 1.82) is 0 Å². The minimum atomic E-state index is 0.169. The molecule has 106 valence electrons. The summed E-state index contributed by atoms with van der Waals surface area (Å²) in [7, 11) is 0. The molecular formula is C16H21N3O. The Hall–Kier alpha value is -1.68. The number of hydrogen-bond donors (Lipinski definition) is 1. The Labute approximate surface area is 119 Å². The normalized spacial score (nSPS) is 16.7. The maximum absolute atomic E-state index is 12.5. The SMILES string of the molecule is CCn1c(C)nc2cc(C(=O)C3CCNCC3)ccc21. The molecule has 20 heavy (non-hydrogen) atoms. The van der Waals surface area contributed by atoms with E-state index in [0.717, 1.165) is 54.9 Å². The van der Waals surface area contributed by atoms with Crippen LogP contribution in [-0.2, 0) is 6.54 Å². The van der Waals surface area contributed by atoms with Gasteiger partial charge in [-0.2, -0.15) is 0 Å². The molecule has 1 aromatic carbocycles. The summed E-state index contributed by atoms with van der Waals surface area (Å²) in [5.41, 5.74) is 2.86. The smallest absolute Gasteiger partial charge is 0.166 e. The number of Topliss-reactive ketones (excluding diaryl/α,β-unsaturated/α-hetero) is 1. The number of ketones is 1. The molecule has 0 unspecified atom stereocenters. The van der Waals surface area contributed by atoms with Crippen molar-refractivity contribution in [2.45, 2.75) is 33.2 Å². The third-order valence-corrected chi connectivity index (χ3v) is 4.25. The van der Waals surface area contributed by atoms with Crippen molar-refractivity contribution in [3.8, 4) is 0 Å². The predicted molar refractivity (Wildman–Crippen MR) is 80.1 cm³/mol. The molecule has 1 aliphatic rings. The number of piperidine rings is 1. The molecule has 2 heterocycles. The number of aryl methyl sites for hydroxylation is 2. The lowest BCUT2D eigenvalue weighted by Crippen LogP contribution is -2.31. The Bertz CT molecular complexity index is 638. The van der Waals surface area contributed by atoms with E-state index in [1.54, 1.807) is 0 Å². The second-order valence-electron chi connectivity index (χ2n) is 5.50. The average Bonchev–Trinajstić information content (AvgIpc) is 2.81. The Kier molecular flexibility index (Phi) is 3.57. The van der Waals surface area contributed by atoms with Gasteiger partial charge in [-0.1, -0.05) is 0 Å². The zero-order valence-electron chi connectivity index (χ0n) is 12.1. The summed E-state index contributed by atoms with van der Waals surface area (Å²) in [5, 5.41) is 3.30. The van der Waals surface area contributed by atoms with Gasteiger partial charge in [0, 0.05) is 18.0 Å². The quantitative estimate of drug-likeness (QED) is 0.873. The molecule has 2 aromatic rings. The second-order valence-corrected chi connectivity index (χ2v) is 5.50. The first-order valence-corrected chi connectivity index (χ1v) is 7.42. The monoisotopic (exact) mass is 271 g/mol. The van der Waals surface area contributed by atoms with E-state index in [-0.39, 0.29) is 11.7 Å². The fourth-order valence-corrected chi connectivity index (χ4v) is 3.12. The molecule has 0 saturated carbocycles. The van der Waals surface area contributed by atoms with Crippen LogP contribution in [0.15, 0.2) is 18.2 Å². The molecule has 1 fully saturated rings. The second kappa shape index (κ2) is 5.37. The van der Waals surface area contributed by atoms with Crippen LogP contribution < -0.4 is 5.32 Å². The number of carbonyl (C=O) groups excluding carboxylic acids is 1. The number of imidazole rings is 1. The van der Waals surface area contributed by atoms with Crippen molar-refractivity contribution in [3.63, 3.8) is 0 Å². The van der Waals surface area contributed by atoms with Gasteiger partial charge in [0.15, 0.2) is 5.78 Å². The van der Waals surface area contributed by atoms with Crippen molar-refractivity contribution < 1.29 is 4.79 Å². The molecule has 0 atom stereocenters. The van der Waals surface area contributed by atoms with Gasteiger partial charge in [-0.3, -0.25) is 4.79 Å². The maximum Gasteiger partial charge on any atom is 0.166 e. The van der Waals surface area contributed by atoms with Gasteiger partial charge in [0.1, 0.15) is 5.82 Å². The lowest BCUT2D eigenvalue weighted by atomic mass is 9.89. The van der Waals surface area contributed by atoms with E-state index in [1.165, 1.54) is 0 Å². The Morgan fingerprint density at radius 3 is 2.85 bits per heavy atom. The Morgan fingerprint density at radius 2 is 2.15 bits per heavy atom. The molecule has 0 spiro atoms. The van der Waals surface area contributed by atoms with Gasteiger partial charge in [0.05, 0.1) is 11.0 Å². The van der Waals surface area contributed by atoms with E-state index in [0.29, 0.717) is 0 Å². The first-order chi connectivity index (χ1) is 9.70. The number of hydrogen-bond acceptors (Lipinski definition) is 3. The lowest BCUT2D eigenvalue weighted by molar-refractivity contribution is 0.0895. The molecule has 1 N–H and O–H groups in total. The van der Waals surface area contributed by atoms with Crippen LogP contribution in [0.3, 0.4) is 0 Å². The highest BCUT2D eigenvalue weighted by Gasteiger charge is 2.22. The van der Waals surface area contributed by atoms with Gasteiger partial charge in [-0.15, -0.1) is 0 Å². The molecule has 3 rings (SSSR count). The van der Waals surface area contributed by atoms with Gasteiger partial charge < -0.3 is 9.88 Å². The number of nitrogens with zero attached hydrogens (tertiary/aromatic N) is 2. The number of benzene rings is 1. The molecule has 0 aliphatic carbocycles. The number of aromatic nitrogens is 2. The van der Waals surface area contributed by atoms with E-state index < -0.39 is 0 Å². The summed E-state index contributed by atoms with van der Waals surface area (Å²) in [6, 6.07) is 5.95. The molecule has 0 radical (unpaired) electrons. The fraction of sp³-hybridized carbons (Fsp3) is 0.500. The van der Waals surface area contributed by atoms with Gasteiger partial charge in [-0.05, 0) is 58.0 Å². The zero-order valence-corrected chi connectivity index (χ0v) is 12.1. The Morgan fingerprint density at radius 1 is 1.40 bits per heavy atom. The summed E-state index contributed by atoms with van der Waals surface area (Å²) in [6.07, 6.45) is 1.89. The summed E-state index contributed by atoms with van der Waals surface area (Å²) in [6.45, 7) is 6.92. The van der Waals surface area contributed by atoms with E-state index in [9.17, 15) is 4.79 Å². The van der Waals surface area contributed by atoms with Crippen molar-refractivity contribution in [2.24, 2.45) is 5.92 Å². The number of rotatable bonds is 3. The van der Waals surface area contributed by atoms with E-state index in [2.05, 4.69) is 21.8 Å². The van der Waals surface area contributed by atoms with Crippen molar-refractivity contribution >= 4 is 16.8 Å². The van der Waals surface area contributed by atoms with E-state index in [1.807, 2.05) is 25.1 Å². The predicted octanol–water partition coefficient (Wildman–Crippen LogP) is 2.55. The topological polar surface area (TPSA) is 46.9 Å². The minimum Gasteiger partial charge on any atom is -0.329 e. The van der Waals surface area contributed by atoms with Crippen molar-refractivity contribution in [3.05, 3.63) is 29.6 Å². The van der Waals surface area contributed by atoms with Gasteiger partial charge >= 0.3 is 0 Å². The molecule has 1 aliphatic heterocycles. The highest BCUT2D eigenvalue weighted by molar-refractivity contribution is 6.00. The van der Waals surface area contributed by atoms with Crippen molar-refractivity contribution in [2.75, 3.05) is 13.1 Å². The van der Waals surface area contributed by atoms with Crippen LogP contribution in [0.25, 0.3) is 11.0 Å². The Balaban J connectivity index is 1.94. The first kappa shape index (κ1) is 13.3. The molecule has 4 heteroatoms. The van der Waals surface area contributed by atoms with E-state index in [4.69, 9.17) is 0 Å². The first-order valence-electron chi connectivity index (χ1n) is 7.42. The zero-order chi connectivity index (χ0) is 14.1. The number of carbonyl (C=O) groups is 1. The largest absolute Gasteiger partial charge is 0.329 e. The van der Waals surface area contributed by atoms with Gasteiger partial charge in [0.2, 0.25) is 0 Å².